The summed E-state index contributed by atoms with van der Waals surface area (Å²) in [5.41, 5.74) is 0. The van der Waals surface area contributed by atoms with Crippen molar-refractivity contribution in [2.75, 3.05) is 39.3 Å². The lowest BCUT2D eigenvalue weighted by Gasteiger charge is -2.35. The van der Waals surface area contributed by atoms with Crippen LogP contribution in [0.3, 0.4) is 0 Å². The van der Waals surface area contributed by atoms with Crippen molar-refractivity contribution in [2.24, 2.45) is 0 Å². The molecule has 1 atom stereocenters. The van der Waals surface area contributed by atoms with Gasteiger partial charge in [0.05, 0.1) is 36.2 Å². The van der Waals surface area contributed by atoms with Gasteiger partial charge in [-0.15, -0.1) is 0 Å². The first-order valence-corrected chi connectivity index (χ1v) is 11.1. The molecule has 0 bridgehead atoms. The molecule has 0 radical (unpaired) electrons. The smallest absolute Gasteiger partial charge is 0.280 e. The molecule has 2 aliphatic rings. The molecule has 144 valence electrons. The maximum Gasteiger partial charge on any atom is 0.280 e. The van der Waals surface area contributed by atoms with Gasteiger partial charge in [0.2, 0.25) is 10.0 Å². The summed E-state index contributed by atoms with van der Waals surface area (Å²) in [7, 11) is -3.75. The SMILES string of the molecule is C[C@H](C(=O)N1CCCC1)[NH+]1CCN(S(=O)(=O)c2c(Cl)cccc2Cl)CC1. The van der Waals surface area contributed by atoms with E-state index in [1.165, 1.54) is 16.4 Å². The van der Waals surface area contributed by atoms with Gasteiger partial charge in [-0.1, -0.05) is 29.3 Å². The summed E-state index contributed by atoms with van der Waals surface area (Å²) in [6.45, 7) is 5.47. The zero-order chi connectivity index (χ0) is 18.9. The summed E-state index contributed by atoms with van der Waals surface area (Å²) in [4.78, 5) is 15.6. The van der Waals surface area contributed by atoms with Gasteiger partial charge in [0.1, 0.15) is 4.90 Å². The molecule has 0 aromatic heterocycles. The Morgan fingerprint density at radius 1 is 1.08 bits per heavy atom. The van der Waals surface area contributed by atoms with Gasteiger partial charge < -0.3 is 9.80 Å². The normalized spacial score (nSPS) is 21.1. The molecular formula is C17H24Cl2N3O3S+. The van der Waals surface area contributed by atoms with E-state index in [1.807, 2.05) is 11.8 Å². The van der Waals surface area contributed by atoms with Crippen molar-refractivity contribution in [1.82, 2.24) is 9.21 Å². The average molecular weight is 421 g/mol. The zero-order valence-corrected chi connectivity index (χ0v) is 17.1. The Bertz CT molecular complexity index is 753. The molecule has 3 rings (SSSR count). The Morgan fingerprint density at radius 2 is 1.62 bits per heavy atom. The molecule has 9 heteroatoms. The van der Waals surface area contributed by atoms with Gasteiger partial charge in [0.25, 0.3) is 5.91 Å². The number of likely N-dealkylation sites (tertiary alicyclic amines) is 1. The van der Waals surface area contributed by atoms with Crippen LogP contribution in [0.15, 0.2) is 23.1 Å². The Kier molecular flexibility index (Phi) is 6.14. The van der Waals surface area contributed by atoms with Crippen LogP contribution in [0.25, 0.3) is 0 Å². The van der Waals surface area contributed by atoms with Gasteiger partial charge in [-0.05, 0) is 31.9 Å². The van der Waals surface area contributed by atoms with Crippen LogP contribution in [0.5, 0.6) is 0 Å². The first-order chi connectivity index (χ1) is 12.3. The summed E-state index contributed by atoms with van der Waals surface area (Å²) < 4.78 is 27.3. The number of carbonyl (C=O) groups is 1. The standard InChI is InChI=1S/C17H23Cl2N3O3S/c1-13(17(23)21-7-2-3-8-21)20-9-11-22(12-10-20)26(24,25)16-14(18)5-4-6-15(16)19/h4-6,13H,2-3,7-12H2,1H3/p+1/t13-/m1/s1. The molecule has 0 aliphatic carbocycles. The molecule has 2 heterocycles. The van der Waals surface area contributed by atoms with Crippen LogP contribution in [-0.2, 0) is 14.8 Å². The van der Waals surface area contributed by atoms with Gasteiger partial charge in [0, 0.05) is 13.1 Å². The molecule has 0 spiro atoms. The highest BCUT2D eigenvalue weighted by atomic mass is 35.5. The zero-order valence-electron chi connectivity index (χ0n) is 14.7. The highest BCUT2D eigenvalue weighted by Gasteiger charge is 2.37. The molecule has 1 aromatic rings. The van der Waals surface area contributed by atoms with E-state index in [9.17, 15) is 13.2 Å². The van der Waals surface area contributed by atoms with Crippen LogP contribution in [-0.4, -0.2) is 68.8 Å². The second kappa shape index (κ2) is 8.02. The first kappa shape index (κ1) is 19.9. The molecule has 2 aliphatic heterocycles. The predicted octanol–water partition coefficient (Wildman–Crippen LogP) is 0.893. The van der Waals surface area contributed by atoms with Gasteiger partial charge in [-0.25, -0.2) is 8.42 Å². The van der Waals surface area contributed by atoms with E-state index in [4.69, 9.17) is 23.2 Å². The number of benzene rings is 1. The summed E-state index contributed by atoms with van der Waals surface area (Å²) in [5, 5.41) is 0.259. The molecule has 2 fully saturated rings. The Morgan fingerprint density at radius 3 is 2.15 bits per heavy atom. The van der Waals surface area contributed by atoms with Gasteiger partial charge >= 0.3 is 0 Å². The van der Waals surface area contributed by atoms with Crippen LogP contribution in [0.4, 0.5) is 0 Å². The molecule has 2 saturated heterocycles. The van der Waals surface area contributed by atoms with Crippen LogP contribution in [0.2, 0.25) is 10.0 Å². The van der Waals surface area contributed by atoms with Crippen molar-refractivity contribution < 1.29 is 18.1 Å². The van der Waals surface area contributed by atoms with Crippen molar-refractivity contribution >= 4 is 39.1 Å². The van der Waals surface area contributed by atoms with E-state index in [0.717, 1.165) is 30.8 Å². The molecule has 1 amide bonds. The highest BCUT2D eigenvalue weighted by molar-refractivity contribution is 7.89. The number of piperazine rings is 1. The lowest BCUT2D eigenvalue weighted by atomic mass is 10.2. The summed E-state index contributed by atoms with van der Waals surface area (Å²) in [5.74, 6) is 0.169. The van der Waals surface area contributed by atoms with E-state index in [1.54, 1.807) is 6.07 Å². The number of hydrogen-bond donors (Lipinski definition) is 1. The Hall–Kier alpha value is -0.860. The molecule has 1 aromatic carbocycles. The number of rotatable bonds is 4. The second-order valence-electron chi connectivity index (χ2n) is 6.87. The monoisotopic (exact) mass is 420 g/mol. The van der Waals surface area contributed by atoms with Gasteiger partial charge in [-0.2, -0.15) is 4.31 Å². The molecule has 1 N–H and O–H groups in total. The highest BCUT2D eigenvalue weighted by Crippen LogP contribution is 2.31. The number of amides is 1. The fourth-order valence-electron chi connectivity index (χ4n) is 3.69. The summed E-state index contributed by atoms with van der Waals surface area (Å²) in [6, 6.07) is 4.52. The van der Waals surface area contributed by atoms with E-state index in [-0.39, 0.29) is 26.9 Å². The number of hydrogen-bond acceptors (Lipinski definition) is 3. The van der Waals surface area contributed by atoms with Crippen molar-refractivity contribution in [3.8, 4) is 0 Å². The quantitative estimate of drug-likeness (QED) is 0.786. The number of quaternary nitrogens is 1. The number of carbonyl (C=O) groups excluding carboxylic acids is 1. The molecular weight excluding hydrogens is 397 g/mol. The van der Waals surface area contributed by atoms with E-state index in [0.29, 0.717) is 26.2 Å². The van der Waals surface area contributed by atoms with Crippen molar-refractivity contribution in [2.45, 2.75) is 30.7 Å². The third-order valence-corrected chi connectivity index (χ3v) is 8.14. The van der Waals surface area contributed by atoms with E-state index in [2.05, 4.69) is 0 Å². The minimum Gasteiger partial charge on any atom is -0.338 e. The van der Waals surface area contributed by atoms with Crippen LogP contribution < -0.4 is 4.90 Å². The summed E-state index contributed by atoms with van der Waals surface area (Å²) >= 11 is 12.2. The maximum atomic E-state index is 12.9. The third-order valence-electron chi connectivity index (χ3n) is 5.28. The van der Waals surface area contributed by atoms with Crippen molar-refractivity contribution in [3.63, 3.8) is 0 Å². The lowest BCUT2D eigenvalue weighted by Crippen LogP contribution is -3.19. The molecule has 26 heavy (non-hydrogen) atoms. The minimum atomic E-state index is -3.75. The number of nitrogens with zero attached hydrogens (tertiary/aromatic N) is 2. The Balaban J connectivity index is 1.67. The minimum absolute atomic E-state index is 0.0343. The number of nitrogens with one attached hydrogen (secondary N) is 1. The second-order valence-corrected chi connectivity index (χ2v) is 9.56. The number of halogens is 2. The largest absolute Gasteiger partial charge is 0.338 e. The van der Waals surface area contributed by atoms with Crippen LogP contribution in [0, 0.1) is 0 Å². The van der Waals surface area contributed by atoms with E-state index >= 15 is 0 Å². The third kappa shape index (κ3) is 3.87. The van der Waals surface area contributed by atoms with Crippen molar-refractivity contribution in [3.05, 3.63) is 28.2 Å². The topological polar surface area (TPSA) is 62.1 Å². The molecule has 0 saturated carbocycles. The maximum absolute atomic E-state index is 12.9. The lowest BCUT2D eigenvalue weighted by molar-refractivity contribution is -0.918. The van der Waals surface area contributed by atoms with Crippen LogP contribution in [0.1, 0.15) is 19.8 Å². The Labute approximate surface area is 164 Å². The van der Waals surface area contributed by atoms with Crippen LogP contribution >= 0.6 is 23.2 Å². The fourth-order valence-corrected chi connectivity index (χ4v) is 6.22. The van der Waals surface area contributed by atoms with Crippen molar-refractivity contribution in [1.29, 1.82) is 0 Å². The fraction of sp³-hybridized carbons (Fsp3) is 0.588. The van der Waals surface area contributed by atoms with Gasteiger partial charge in [-0.3, -0.25) is 4.79 Å². The summed E-state index contributed by atoms with van der Waals surface area (Å²) in [6.07, 6.45) is 2.14. The first-order valence-electron chi connectivity index (χ1n) is 8.90. The predicted molar refractivity (Wildman–Crippen MR) is 101 cm³/mol. The van der Waals surface area contributed by atoms with E-state index < -0.39 is 10.0 Å². The average Bonchev–Trinajstić information content (AvgIpc) is 3.15. The van der Waals surface area contributed by atoms with Gasteiger partial charge in [0.15, 0.2) is 6.04 Å². The number of sulfonamides is 1. The molecule has 0 unspecified atom stereocenters. The molecule has 6 nitrogen and oxygen atoms in total.